The van der Waals surface area contributed by atoms with E-state index in [2.05, 4.69) is 21.2 Å². The molecule has 0 aliphatic carbocycles. The minimum Gasteiger partial charge on any atom is -0.496 e. The van der Waals surface area contributed by atoms with E-state index in [1.807, 2.05) is 18.2 Å². The van der Waals surface area contributed by atoms with Gasteiger partial charge in [-0.05, 0) is 33.6 Å². The fourth-order valence-corrected chi connectivity index (χ4v) is 2.55. The van der Waals surface area contributed by atoms with Crippen molar-refractivity contribution in [2.75, 3.05) is 26.8 Å². The number of nitrogens with one attached hydrogen (secondary N) is 1. The van der Waals surface area contributed by atoms with E-state index in [4.69, 9.17) is 9.84 Å². The number of methoxy groups -OCH3 is 1. The van der Waals surface area contributed by atoms with Crippen molar-refractivity contribution in [1.82, 2.24) is 10.2 Å². The molecule has 0 radical (unpaired) electrons. The summed E-state index contributed by atoms with van der Waals surface area (Å²) in [5.74, 6) is 0.760. The van der Waals surface area contributed by atoms with Gasteiger partial charge < -0.3 is 20.1 Å². The Hall–Kier alpha value is -1.27. The van der Waals surface area contributed by atoms with Gasteiger partial charge in [0, 0.05) is 13.1 Å². The Morgan fingerprint density at radius 1 is 1.61 bits per heavy atom. The average Bonchev–Trinajstić information content (AvgIpc) is 2.71. The minimum atomic E-state index is -0.138. The van der Waals surface area contributed by atoms with E-state index in [1.54, 1.807) is 12.0 Å². The van der Waals surface area contributed by atoms with Gasteiger partial charge in [-0.2, -0.15) is 0 Å². The molecule has 2 N–H and O–H groups in total. The summed E-state index contributed by atoms with van der Waals surface area (Å²) in [7, 11) is 1.61. The first kappa shape index (κ1) is 13.2. The van der Waals surface area contributed by atoms with E-state index >= 15 is 0 Å². The molecule has 6 heteroatoms. The maximum Gasteiger partial charge on any atom is 0.318 e. The topological polar surface area (TPSA) is 61.8 Å². The van der Waals surface area contributed by atoms with Crippen LogP contribution in [0.5, 0.6) is 5.75 Å². The Kier molecular flexibility index (Phi) is 4.08. The van der Waals surface area contributed by atoms with Crippen LogP contribution in [-0.2, 0) is 0 Å². The van der Waals surface area contributed by atoms with E-state index in [1.165, 1.54) is 0 Å². The van der Waals surface area contributed by atoms with Gasteiger partial charge in [-0.1, -0.05) is 6.07 Å². The number of carbonyl (C=O) groups is 1. The second-order valence-electron chi connectivity index (χ2n) is 4.07. The number of aliphatic hydroxyl groups is 1. The van der Waals surface area contributed by atoms with Gasteiger partial charge in [-0.25, -0.2) is 4.79 Å². The molecule has 1 fully saturated rings. The van der Waals surface area contributed by atoms with Gasteiger partial charge in [-0.15, -0.1) is 0 Å². The summed E-state index contributed by atoms with van der Waals surface area (Å²) in [6.45, 7) is 0.907. The third kappa shape index (κ3) is 2.59. The number of β-amino-alcohol motifs (C(OH)–C–C–N with tert-alkyl or cyclic N) is 1. The lowest BCUT2D eigenvalue weighted by Crippen LogP contribution is -2.30. The number of hydrogen-bond donors (Lipinski definition) is 2. The molecule has 0 aromatic heterocycles. The van der Waals surface area contributed by atoms with Crippen LogP contribution in [0.25, 0.3) is 0 Å². The Balaban J connectivity index is 2.13. The van der Waals surface area contributed by atoms with Crippen molar-refractivity contribution in [3.63, 3.8) is 0 Å². The first-order chi connectivity index (χ1) is 8.65. The van der Waals surface area contributed by atoms with Gasteiger partial charge >= 0.3 is 6.03 Å². The number of rotatable bonds is 4. The lowest BCUT2D eigenvalue weighted by molar-refractivity contribution is 0.196. The van der Waals surface area contributed by atoms with Crippen LogP contribution in [0.3, 0.4) is 0 Å². The molecule has 1 aromatic carbocycles. The van der Waals surface area contributed by atoms with Gasteiger partial charge in [0.2, 0.25) is 0 Å². The molecule has 2 rings (SSSR count). The van der Waals surface area contributed by atoms with E-state index in [9.17, 15) is 4.79 Å². The Morgan fingerprint density at radius 2 is 2.39 bits per heavy atom. The average molecular weight is 315 g/mol. The quantitative estimate of drug-likeness (QED) is 0.885. The first-order valence-electron chi connectivity index (χ1n) is 5.65. The Bertz CT molecular complexity index is 453. The van der Waals surface area contributed by atoms with Gasteiger partial charge in [0.1, 0.15) is 5.75 Å². The summed E-state index contributed by atoms with van der Waals surface area (Å²) in [6.07, 6.45) is 0. The Morgan fingerprint density at radius 3 is 3.00 bits per heavy atom. The third-order valence-electron chi connectivity index (χ3n) is 2.94. The summed E-state index contributed by atoms with van der Waals surface area (Å²) in [4.78, 5) is 13.2. The van der Waals surface area contributed by atoms with Gasteiger partial charge in [0.05, 0.1) is 24.2 Å². The second kappa shape index (κ2) is 5.58. The number of hydrogen-bond acceptors (Lipinski definition) is 3. The highest BCUT2D eigenvalue weighted by Crippen LogP contribution is 2.29. The highest BCUT2D eigenvalue weighted by atomic mass is 79.9. The number of benzene rings is 1. The number of carbonyl (C=O) groups excluding carboxylic acids is 1. The number of nitrogens with zero attached hydrogens (tertiary/aromatic N) is 1. The summed E-state index contributed by atoms with van der Waals surface area (Å²) < 4.78 is 6.02. The van der Waals surface area contributed by atoms with E-state index in [0.29, 0.717) is 13.1 Å². The van der Waals surface area contributed by atoms with Crippen LogP contribution in [-0.4, -0.2) is 42.8 Å². The molecule has 1 aliphatic rings. The molecule has 0 saturated carbocycles. The van der Waals surface area contributed by atoms with Crippen LogP contribution in [0.4, 0.5) is 4.79 Å². The number of halogens is 1. The van der Waals surface area contributed by atoms with Gasteiger partial charge in [-0.3, -0.25) is 0 Å². The predicted molar refractivity (Wildman–Crippen MR) is 70.6 cm³/mol. The fourth-order valence-electron chi connectivity index (χ4n) is 1.99. The van der Waals surface area contributed by atoms with E-state index < -0.39 is 0 Å². The van der Waals surface area contributed by atoms with Crippen molar-refractivity contribution in [3.8, 4) is 5.75 Å². The lowest BCUT2D eigenvalue weighted by atomic mass is 10.1. The van der Waals surface area contributed by atoms with Crippen molar-refractivity contribution in [2.45, 2.75) is 6.04 Å². The molecule has 1 saturated heterocycles. The molecule has 1 heterocycles. The van der Waals surface area contributed by atoms with Crippen LogP contribution in [0, 0.1) is 0 Å². The summed E-state index contributed by atoms with van der Waals surface area (Å²) in [5.41, 5.74) is 1.01. The molecule has 18 heavy (non-hydrogen) atoms. The molecule has 1 aromatic rings. The van der Waals surface area contributed by atoms with Crippen LogP contribution < -0.4 is 10.1 Å². The zero-order valence-corrected chi connectivity index (χ0v) is 11.6. The molecular formula is C12H15BrN2O3. The van der Waals surface area contributed by atoms with Gasteiger partial charge in [0.25, 0.3) is 0 Å². The summed E-state index contributed by atoms with van der Waals surface area (Å²) >= 11 is 3.42. The van der Waals surface area contributed by atoms with E-state index in [0.717, 1.165) is 15.8 Å². The van der Waals surface area contributed by atoms with Crippen molar-refractivity contribution in [1.29, 1.82) is 0 Å². The zero-order valence-electron chi connectivity index (χ0n) is 10.0. The fraction of sp³-hybridized carbons (Fsp3) is 0.417. The number of aliphatic hydroxyl groups excluding tert-OH is 1. The van der Waals surface area contributed by atoms with Crippen molar-refractivity contribution >= 4 is 22.0 Å². The van der Waals surface area contributed by atoms with Crippen molar-refractivity contribution in [2.24, 2.45) is 0 Å². The molecule has 1 atom stereocenters. The molecule has 1 aliphatic heterocycles. The highest BCUT2D eigenvalue weighted by Gasteiger charge is 2.29. The van der Waals surface area contributed by atoms with Crippen LogP contribution in [0.15, 0.2) is 22.7 Å². The van der Waals surface area contributed by atoms with Crippen LogP contribution in [0.1, 0.15) is 11.6 Å². The highest BCUT2D eigenvalue weighted by molar-refractivity contribution is 9.10. The van der Waals surface area contributed by atoms with Gasteiger partial charge in [0.15, 0.2) is 0 Å². The zero-order chi connectivity index (χ0) is 13.1. The SMILES string of the molecule is COc1ccc(C2CN(CCO)C(=O)N2)cc1Br. The number of urea groups is 1. The lowest BCUT2D eigenvalue weighted by Gasteiger charge is -2.13. The molecule has 1 unspecified atom stereocenters. The third-order valence-corrected chi connectivity index (χ3v) is 3.56. The van der Waals surface area contributed by atoms with Crippen LogP contribution >= 0.6 is 15.9 Å². The Labute approximate surface area is 114 Å². The standard InChI is InChI=1S/C12H15BrN2O3/c1-18-11-3-2-8(6-9(11)13)10-7-15(4-5-16)12(17)14-10/h2-3,6,10,16H,4-5,7H2,1H3,(H,14,17). The predicted octanol–water partition coefficient (Wildman–Crippen LogP) is 1.52. The maximum atomic E-state index is 11.6. The molecule has 0 spiro atoms. The monoisotopic (exact) mass is 314 g/mol. The molecule has 0 bridgehead atoms. The first-order valence-corrected chi connectivity index (χ1v) is 6.44. The number of amides is 2. The molecule has 5 nitrogen and oxygen atoms in total. The molecule has 2 amide bonds. The van der Waals surface area contributed by atoms with Crippen molar-refractivity contribution in [3.05, 3.63) is 28.2 Å². The number of ether oxygens (including phenoxy) is 1. The second-order valence-corrected chi connectivity index (χ2v) is 4.92. The maximum absolute atomic E-state index is 11.6. The normalized spacial score (nSPS) is 18.9. The summed E-state index contributed by atoms with van der Waals surface area (Å²) in [5, 5.41) is 11.8. The molecule has 98 valence electrons. The smallest absolute Gasteiger partial charge is 0.318 e. The minimum absolute atomic E-state index is 0.0214. The van der Waals surface area contributed by atoms with Crippen molar-refractivity contribution < 1.29 is 14.6 Å². The van der Waals surface area contributed by atoms with E-state index in [-0.39, 0.29) is 18.7 Å². The van der Waals surface area contributed by atoms with Crippen LogP contribution in [0.2, 0.25) is 0 Å². The largest absolute Gasteiger partial charge is 0.496 e. The summed E-state index contributed by atoms with van der Waals surface area (Å²) in [6, 6.07) is 5.54. The molecular weight excluding hydrogens is 300 g/mol.